The number of fused-ring (bicyclic) bond motifs is 1. The van der Waals surface area contributed by atoms with Crippen LogP contribution in [0.5, 0.6) is 0 Å². The Morgan fingerprint density at radius 1 is 1.39 bits per heavy atom. The predicted octanol–water partition coefficient (Wildman–Crippen LogP) is 2.81. The van der Waals surface area contributed by atoms with Gasteiger partial charge in [0.15, 0.2) is 0 Å². The molecule has 1 unspecified atom stereocenters. The van der Waals surface area contributed by atoms with Crippen molar-refractivity contribution in [1.29, 1.82) is 0 Å². The Morgan fingerprint density at radius 2 is 2.28 bits per heavy atom. The molecule has 0 fully saturated rings. The maximum atomic E-state index is 6.05. The number of nitrogens with one attached hydrogen (secondary N) is 1. The van der Waals surface area contributed by atoms with Crippen molar-refractivity contribution >= 4 is 23.1 Å². The first kappa shape index (κ1) is 11.3. The molecule has 1 aliphatic rings. The van der Waals surface area contributed by atoms with Crippen LogP contribution in [0.2, 0.25) is 5.02 Å². The van der Waals surface area contributed by atoms with Gasteiger partial charge in [-0.05, 0) is 36.1 Å². The molecule has 0 amide bonds. The second-order valence-electron chi connectivity index (χ2n) is 4.41. The van der Waals surface area contributed by atoms with E-state index < -0.39 is 0 Å². The molecule has 18 heavy (non-hydrogen) atoms. The lowest BCUT2D eigenvalue weighted by Gasteiger charge is -2.15. The quantitative estimate of drug-likeness (QED) is 0.815. The smallest absolute Gasteiger partial charge is 0.148 e. The Kier molecular flexibility index (Phi) is 2.80. The molecule has 2 aromatic rings. The average Bonchev–Trinajstić information content (AvgIpc) is 2.74. The van der Waals surface area contributed by atoms with Crippen molar-refractivity contribution in [3.63, 3.8) is 0 Å². The highest BCUT2D eigenvalue weighted by atomic mass is 35.5. The van der Waals surface area contributed by atoms with Gasteiger partial charge in [0.25, 0.3) is 0 Å². The van der Waals surface area contributed by atoms with Crippen molar-refractivity contribution in [3.05, 3.63) is 46.9 Å². The highest BCUT2D eigenvalue weighted by Gasteiger charge is 2.23. The number of anilines is 2. The normalized spacial score (nSPS) is 17.5. The fourth-order valence-corrected chi connectivity index (χ4v) is 2.53. The zero-order valence-corrected chi connectivity index (χ0v) is 10.5. The fourth-order valence-electron chi connectivity index (χ4n) is 2.37. The lowest BCUT2D eigenvalue weighted by molar-refractivity contribution is 0.756. The van der Waals surface area contributed by atoms with Crippen molar-refractivity contribution in [2.75, 3.05) is 11.1 Å². The molecule has 1 aromatic heterocycles. The minimum absolute atomic E-state index is 0.244. The summed E-state index contributed by atoms with van der Waals surface area (Å²) < 4.78 is 0. The highest BCUT2D eigenvalue weighted by Crippen LogP contribution is 2.35. The highest BCUT2D eigenvalue weighted by molar-refractivity contribution is 6.32. The van der Waals surface area contributed by atoms with Crippen LogP contribution in [0.3, 0.4) is 0 Å². The molecule has 1 aromatic carbocycles. The summed E-state index contributed by atoms with van der Waals surface area (Å²) in [6.07, 6.45) is 5.14. The Balaban J connectivity index is 1.87. The first-order valence-electron chi connectivity index (χ1n) is 5.84. The number of nitrogens with two attached hydrogens (primary N) is 1. The third kappa shape index (κ3) is 1.99. The summed E-state index contributed by atoms with van der Waals surface area (Å²) in [7, 11) is 0. The number of aryl methyl sites for hydroxylation is 1. The number of benzene rings is 1. The molecular formula is C13H13ClN4. The summed E-state index contributed by atoms with van der Waals surface area (Å²) in [5.74, 6) is 0.682. The van der Waals surface area contributed by atoms with Crippen LogP contribution in [-0.4, -0.2) is 9.97 Å². The van der Waals surface area contributed by atoms with Gasteiger partial charge in [0, 0.05) is 5.69 Å². The van der Waals surface area contributed by atoms with Gasteiger partial charge in [0.2, 0.25) is 0 Å². The molecule has 1 aliphatic carbocycles. The summed E-state index contributed by atoms with van der Waals surface area (Å²) in [5.41, 5.74) is 9.19. The monoisotopic (exact) mass is 260 g/mol. The van der Waals surface area contributed by atoms with E-state index in [0.29, 0.717) is 10.8 Å². The second kappa shape index (κ2) is 4.46. The van der Waals surface area contributed by atoms with Gasteiger partial charge in [-0.2, -0.15) is 0 Å². The molecule has 0 bridgehead atoms. The van der Waals surface area contributed by atoms with Crippen LogP contribution >= 0.6 is 11.6 Å². The number of hydrogen-bond acceptors (Lipinski definition) is 4. The zero-order valence-electron chi connectivity index (χ0n) is 9.73. The minimum atomic E-state index is 0.244. The Bertz CT molecular complexity index is 585. The van der Waals surface area contributed by atoms with Crippen LogP contribution in [0.15, 0.2) is 30.7 Å². The van der Waals surface area contributed by atoms with Gasteiger partial charge in [0.1, 0.15) is 17.2 Å². The first-order chi connectivity index (χ1) is 8.74. The van der Waals surface area contributed by atoms with E-state index >= 15 is 0 Å². The summed E-state index contributed by atoms with van der Waals surface area (Å²) in [4.78, 5) is 8.03. The van der Waals surface area contributed by atoms with E-state index in [-0.39, 0.29) is 6.04 Å². The van der Waals surface area contributed by atoms with Crippen molar-refractivity contribution in [2.24, 2.45) is 0 Å². The maximum Gasteiger partial charge on any atom is 0.148 e. The van der Waals surface area contributed by atoms with E-state index in [1.165, 1.54) is 17.5 Å². The average molecular weight is 261 g/mol. The van der Waals surface area contributed by atoms with Crippen LogP contribution in [0, 0.1) is 0 Å². The van der Waals surface area contributed by atoms with E-state index in [1.54, 1.807) is 6.20 Å². The third-order valence-corrected chi connectivity index (χ3v) is 3.50. The molecule has 0 aliphatic heterocycles. The molecule has 0 radical (unpaired) electrons. The van der Waals surface area contributed by atoms with Crippen molar-refractivity contribution < 1.29 is 0 Å². The van der Waals surface area contributed by atoms with E-state index in [9.17, 15) is 0 Å². The Labute approximate surface area is 110 Å². The van der Waals surface area contributed by atoms with Crippen LogP contribution in [-0.2, 0) is 6.42 Å². The fraction of sp³-hybridized carbons (Fsp3) is 0.231. The second-order valence-corrected chi connectivity index (χ2v) is 4.82. The van der Waals surface area contributed by atoms with Gasteiger partial charge in [-0.25, -0.2) is 9.97 Å². The molecule has 92 valence electrons. The van der Waals surface area contributed by atoms with E-state index in [4.69, 9.17) is 17.3 Å². The predicted molar refractivity (Wildman–Crippen MR) is 72.6 cm³/mol. The maximum absolute atomic E-state index is 6.05. The molecule has 5 heteroatoms. The SMILES string of the molecule is Nc1ccc2c(c1)CCC2Nc1ncncc1Cl. The number of aromatic nitrogens is 2. The molecule has 4 nitrogen and oxygen atoms in total. The van der Waals surface area contributed by atoms with E-state index in [1.807, 2.05) is 12.1 Å². The number of halogens is 1. The van der Waals surface area contributed by atoms with E-state index in [0.717, 1.165) is 18.5 Å². The first-order valence-corrected chi connectivity index (χ1v) is 6.22. The standard InChI is InChI=1S/C13H13ClN4/c14-11-6-16-7-17-13(11)18-12-4-1-8-5-9(15)2-3-10(8)12/h2-3,5-7,12H,1,4,15H2,(H,16,17,18). The minimum Gasteiger partial charge on any atom is -0.399 e. The van der Waals surface area contributed by atoms with Crippen LogP contribution in [0.4, 0.5) is 11.5 Å². The molecule has 0 saturated carbocycles. The van der Waals surface area contributed by atoms with E-state index in [2.05, 4.69) is 21.4 Å². The number of nitrogen functional groups attached to an aromatic ring is 1. The van der Waals surface area contributed by atoms with Crippen LogP contribution in [0.25, 0.3) is 0 Å². The van der Waals surface area contributed by atoms with Gasteiger partial charge < -0.3 is 11.1 Å². The lowest BCUT2D eigenvalue weighted by Crippen LogP contribution is -2.09. The van der Waals surface area contributed by atoms with Crippen LogP contribution in [0.1, 0.15) is 23.6 Å². The van der Waals surface area contributed by atoms with Gasteiger partial charge in [0.05, 0.1) is 12.2 Å². The Hall–Kier alpha value is -1.81. The zero-order chi connectivity index (χ0) is 12.5. The topological polar surface area (TPSA) is 63.8 Å². The lowest BCUT2D eigenvalue weighted by atomic mass is 10.1. The molecule has 3 rings (SSSR count). The summed E-state index contributed by atoms with van der Waals surface area (Å²) >= 11 is 6.05. The molecular weight excluding hydrogens is 248 g/mol. The summed E-state index contributed by atoms with van der Waals surface area (Å²) in [6.45, 7) is 0. The molecule has 3 N–H and O–H groups in total. The number of nitrogens with zero attached hydrogens (tertiary/aromatic N) is 2. The van der Waals surface area contributed by atoms with Crippen LogP contribution < -0.4 is 11.1 Å². The van der Waals surface area contributed by atoms with Gasteiger partial charge in [-0.15, -0.1) is 0 Å². The number of rotatable bonds is 2. The van der Waals surface area contributed by atoms with Gasteiger partial charge >= 0.3 is 0 Å². The summed E-state index contributed by atoms with van der Waals surface area (Å²) in [6, 6.07) is 6.29. The van der Waals surface area contributed by atoms with Crippen molar-refractivity contribution in [3.8, 4) is 0 Å². The van der Waals surface area contributed by atoms with Gasteiger partial charge in [-0.3, -0.25) is 0 Å². The number of hydrogen-bond donors (Lipinski definition) is 2. The largest absolute Gasteiger partial charge is 0.399 e. The summed E-state index contributed by atoms with van der Waals surface area (Å²) in [5, 5.41) is 3.90. The Morgan fingerprint density at radius 3 is 3.11 bits per heavy atom. The van der Waals surface area contributed by atoms with Crippen molar-refractivity contribution in [1.82, 2.24) is 9.97 Å². The third-order valence-electron chi connectivity index (χ3n) is 3.22. The molecule has 0 saturated heterocycles. The van der Waals surface area contributed by atoms with Gasteiger partial charge in [-0.1, -0.05) is 17.7 Å². The molecule has 0 spiro atoms. The van der Waals surface area contributed by atoms with Crippen molar-refractivity contribution in [2.45, 2.75) is 18.9 Å². The molecule has 1 atom stereocenters. The molecule has 1 heterocycles.